The van der Waals surface area contributed by atoms with E-state index in [1.54, 1.807) is 6.07 Å². The summed E-state index contributed by atoms with van der Waals surface area (Å²) in [5.41, 5.74) is 6.29. The number of hydrogen-bond donors (Lipinski definition) is 2. The van der Waals surface area contributed by atoms with Crippen molar-refractivity contribution in [2.24, 2.45) is 0 Å². The Morgan fingerprint density at radius 2 is 2.14 bits per heavy atom. The quantitative estimate of drug-likeness (QED) is 0.724. The Kier molecular flexibility index (Phi) is 2.82. The van der Waals surface area contributed by atoms with Gasteiger partial charge in [-0.1, -0.05) is 11.6 Å². The molecule has 2 aromatic heterocycles. The molecule has 0 saturated heterocycles. The highest BCUT2D eigenvalue weighted by molar-refractivity contribution is 5.93. The summed E-state index contributed by atoms with van der Waals surface area (Å²) in [6, 6.07) is 8.22. The maximum absolute atomic E-state index is 12.6. The van der Waals surface area contributed by atoms with E-state index >= 15 is 0 Å². The molecular weight excluding hydrogens is 276 g/mol. The van der Waals surface area contributed by atoms with Crippen LogP contribution in [0.3, 0.4) is 0 Å². The Bertz CT molecular complexity index is 874. The molecule has 3 aromatic rings. The molecule has 3 heterocycles. The summed E-state index contributed by atoms with van der Waals surface area (Å²) < 4.78 is 0. The van der Waals surface area contributed by atoms with Crippen LogP contribution in [0.5, 0.6) is 0 Å². The summed E-state index contributed by atoms with van der Waals surface area (Å²) in [4.78, 5) is 18.0. The van der Waals surface area contributed by atoms with Crippen LogP contribution in [0.4, 0.5) is 0 Å². The van der Waals surface area contributed by atoms with E-state index in [2.05, 4.69) is 40.3 Å². The largest absolute Gasteiger partial charge is 0.358 e. The third-order valence-corrected chi connectivity index (χ3v) is 4.34. The Morgan fingerprint density at radius 1 is 1.27 bits per heavy atom. The molecule has 0 aliphatic carbocycles. The van der Waals surface area contributed by atoms with Crippen LogP contribution in [0.25, 0.3) is 10.9 Å². The molecule has 1 aromatic carbocycles. The summed E-state index contributed by atoms with van der Waals surface area (Å²) in [6.07, 6.45) is 0.859. The van der Waals surface area contributed by atoms with Crippen molar-refractivity contribution in [2.45, 2.75) is 26.8 Å². The Morgan fingerprint density at radius 3 is 2.91 bits per heavy atom. The highest BCUT2D eigenvalue weighted by atomic mass is 16.2. The second kappa shape index (κ2) is 4.73. The van der Waals surface area contributed by atoms with Gasteiger partial charge >= 0.3 is 0 Å². The summed E-state index contributed by atoms with van der Waals surface area (Å²) in [5, 5.41) is 8.15. The van der Waals surface area contributed by atoms with Gasteiger partial charge in [0.2, 0.25) is 0 Å². The van der Waals surface area contributed by atoms with Crippen LogP contribution in [0.1, 0.15) is 33.0 Å². The first-order valence-corrected chi connectivity index (χ1v) is 7.53. The van der Waals surface area contributed by atoms with Crippen LogP contribution in [0.15, 0.2) is 24.3 Å². The number of carbonyl (C=O) groups excluding carboxylic acids is 1. The first-order valence-electron chi connectivity index (χ1n) is 7.53. The fourth-order valence-corrected chi connectivity index (χ4v) is 3.19. The second-order valence-corrected chi connectivity index (χ2v) is 6.04. The van der Waals surface area contributed by atoms with Gasteiger partial charge in [-0.05, 0) is 32.0 Å². The predicted molar refractivity (Wildman–Crippen MR) is 84.8 cm³/mol. The molecule has 0 fully saturated rings. The molecule has 22 heavy (non-hydrogen) atoms. The topological polar surface area (TPSA) is 64.8 Å². The lowest BCUT2D eigenvalue weighted by molar-refractivity contribution is 0.0729. The highest BCUT2D eigenvalue weighted by Crippen LogP contribution is 2.29. The number of nitrogens with zero attached hydrogens (tertiary/aromatic N) is 2. The van der Waals surface area contributed by atoms with Crippen molar-refractivity contribution in [3.63, 3.8) is 0 Å². The van der Waals surface area contributed by atoms with Crippen LogP contribution in [0, 0.1) is 13.8 Å². The molecule has 0 atom stereocenters. The van der Waals surface area contributed by atoms with Gasteiger partial charge in [0.05, 0.1) is 0 Å². The smallest absolute Gasteiger partial charge is 0.274 e. The van der Waals surface area contributed by atoms with E-state index in [1.807, 2.05) is 11.8 Å². The molecule has 4 rings (SSSR count). The molecule has 0 saturated carbocycles. The average Bonchev–Trinajstić information content (AvgIpc) is 3.09. The zero-order chi connectivity index (χ0) is 15.3. The van der Waals surface area contributed by atoms with Crippen LogP contribution in [-0.2, 0) is 13.0 Å². The Balaban J connectivity index is 1.70. The van der Waals surface area contributed by atoms with Crippen molar-refractivity contribution in [1.82, 2.24) is 20.1 Å². The molecule has 1 aliphatic rings. The molecular formula is C17H18N4O. The van der Waals surface area contributed by atoms with Crippen LogP contribution < -0.4 is 0 Å². The number of hydrogen-bond acceptors (Lipinski definition) is 2. The molecule has 112 valence electrons. The summed E-state index contributed by atoms with van der Waals surface area (Å²) in [7, 11) is 0. The van der Waals surface area contributed by atoms with Crippen molar-refractivity contribution >= 4 is 16.8 Å². The number of aryl methyl sites for hydroxylation is 2. The first-order chi connectivity index (χ1) is 10.6. The molecule has 0 bridgehead atoms. The molecule has 5 nitrogen and oxygen atoms in total. The van der Waals surface area contributed by atoms with Crippen molar-refractivity contribution in [3.8, 4) is 0 Å². The zero-order valence-electron chi connectivity index (χ0n) is 12.7. The summed E-state index contributed by atoms with van der Waals surface area (Å²) in [5.74, 6) is -0.00277. The number of carbonyl (C=O) groups is 1. The zero-order valence-corrected chi connectivity index (χ0v) is 12.7. The fourth-order valence-electron chi connectivity index (χ4n) is 3.19. The van der Waals surface area contributed by atoms with Gasteiger partial charge < -0.3 is 9.88 Å². The standard InChI is InChI=1S/C17H18N4O/c1-10-3-4-14-12(7-10)13-9-21(6-5-15(13)18-14)17(22)16-8-11(2)19-20-16/h3-4,7-8,18H,5-6,9H2,1-2H3,(H,19,20). The molecule has 1 aliphatic heterocycles. The normalized spacial score (nSPS) is 14.4. The van der Waals surface area contributed by atoms with Crippen molar-refractivity contribution in [3.05, 3.63) is 52.5 Å². The summed E-state index contributed by atoms with van der Waals surface area (Å²) >= 11 is 0. The maximum atomic E-state index is 12.6. The number of fused-ring (bicyclic) bond motifs is 3. The van der Waals surface area contributed by atoms with Crippen molar-refractivity contribution in [2.75, 3.05) is 6.54 Å². The predicted octanol–water partition coefficient (Wildman–Crippen LogP) is 2.71. The van der Waals surface area contributed by atoms with Crippen LogP contribution in [-0.4, -0.2) is 32.5 Å². The summed E-state index contributed by atoms with van der Waals surface area (Å²) in [6.45, 7) is 5.37. The minimum Gasteiger partial charge on any atom is -0.358 e. The number of benzene rings is 1. The average molecular weight is 294 g/mol. The fraction of sp³-hybridized carbons (Fsp3) is 0.294. The molecule has 1 amide bonds. The first kappa shape index (κ1) is 13.1. The lowest BCUT2D eigenvalue weighted by Gasteiger charge is -2.26. The number of aromatic amines is 2. The SMILES string of the molecule is Cc1ccc2[nH]c3c(c2c1)CN(C(=O)c1cc(C)[nH]n1)CC3. The van der Waals surface area contributed by atoms with E-state index in [0.717, 1.165) is 24.2 Å². The Labute approximate surface area is 128 Å². The van der Waals surface area contributed by atoms with Crippen LogP contribution >= 0.6 is 0 Å². The van der Waals surface area contributed by atoms with E-state index in [0.29, 0.717) is 12.2 Å². The highest BCUT2D eigenvalue weighted by Gasteiger charge is 2.25. The van der Waals surface area contributed by atoms with E-state index in [9.17, 15) is 4.79 Å². The number of nitrogens with one attached hydrogen (secondary N) is 2. The third kappa shape index (κ3) is 2.01. The lowest BCUT2D eigenvalue weighted by atomic mass is 10.0. The van der Waals surface area contributed by atoms with Gasteiger partial charge in [0, 0.05) is 47.4 Å². The van der Waals surface area contributed by atoms with E-state index in [-0.39, 0.29) is 5.91 Å². The van der Waals surface area contributed by atoms with E-state index in [1.165, 1.54) is 22.2 Å². The van der Waals surface area contributed by atoms with Gasteiger partial charge in [0.1, 0.15) is 5.69 Å². The molecule has 2 N–H and O–H groups in total. The number of H-pyrrole nitrogens is 2. The lowest BCUT2D eigenvalue weighted by Crippen LogP contribution is -2.36. The third-order valence-electron chi connectivity index (χ3n) is 4.34. The van der Waals surface area contributed by atoms with Gasteiger partial charge in [-0.2, -0.15) is 5.10 Å². The van der Waals surface area contributed by atoms with Gasteiger partial charge in [-0.25, -0.2) is 0 Å². The monoisotopic (exact) mass is 294 g/mol. The van der Waals surface area contributed by atoms with E-state index in [4.69, 9.17) is 0 Å². The van der Waals surface area contributed by atoms with Gasteiger partial charge in [0.25, 0.3) is 5.91 Å². The maximum Gasteiger partial charge on any atom is 0.274 e. The van der Waals surface area contributed by atoms with Gasteiger partial charge in [0.15, 0.2) is 0 Å². The van der Waals surface area contributed by atoms with Crippen LogP contribution in [0.2, 0.25) is 0 Å². The van der Waals surface area contributed by atoms with Gasteiger partial charge in [-0.15, -0.1) is 0 Å². The number of aromatic nitrogens is 3. The Hall–Kier alpha value is -2.56. The van der Waals surface area contributed by atoms with Crippen molar-refractivity contribution < 1.29 is 4.79 Å². The van der Waals surface area contributed by atoms with E-state index < -0.39 is 0 Å². The van der Waals surface area contributed by atoms with Crippen molar-refractivity contribution in [1.29, 1.82) is 0 Å². The minimum atomic E-state index is -0.00277. The van der Waals surface area contributed by atoms with Gasteiger partial charge in [-0.3, -0.25) is 9.89 Å². The minimum absolute atomic E-state index is 0.00277. The molecule has 0 spiro atoms. The molecule has 0 unspecified atom stereocenters. The second-order valence-electron chi connectivity index (χ2n) is 6.04. The number of amides is 1. The molecule has 0 radical (unpaired) electrons. The molecule has 5 heteroatoms. The number of rotatable bonds is 1.